The normalized spacial score (nSPS) is 24.3. The molecule has 2 aromatic rings. The highest BCUT2D eigenvalue weighted by molar-refractivity contribution is 7.64. The second-order valence-corrected chi connectivity index (χ2v) is 15.6. The molecule has 4 aliphatic rings. The predicted molar refractivity (Wildman–Crippen MR) is 172 cm³/mol. The molecule has 3 unspecified atom stereocenters. The number of anilines is 1. The minimum Gasteiger partial charge on any atom is -0.493 e. The first-order valence-corrected chi connectivity index (χ1v) is 17.9. The third-order valence-corrected chi connectivity index (χ3v) is 12.2. The van der Waals surface area contributed by atoms with Gasteiger partial charge < -0.3 is 43.7 Å². The van der Waals surface area contributed by atoms with E-state index in [9.17, 15) is 28.0 Å². The van der Waals surface area contributed by atoms with Gasteiger partial charge in [0.15, 0.2) is 23.0 Å². The lowest BCUT2D eigenvalue weighted by Crippen LogP contribution is -2.37. The maximum Gasteiger partial charge on any atom is 0.256 e. The van der Waals surface area contributed by atoms with Crippen molar-refractivity contribution in [2.24, 2.45) is 4.99 Å². The van der Waals surface area contributed by atoms with Gasteiger partial charge in [-0.2, -0.15) is 0 Å². The molecule has 254 valence electrons. The number of carbonyl (C=O) groups is 2. The molecule has 0 aliphatic carbocycles. The Kier molecular flexibility index (Phi) is 9.61. The third-order valence-electron chi connectivity index (χ3n) is 9.16. The fourth-order valence-electron chi connectivity index (χ4n) is 6.61. The van der Waals surface area contributed by atoms with Gasteiger partial charge in [-0.25, -0.2) is 8.78 Å². The van der Waals surface area contributed by atoms with E-state index in [2.05, 4.69) is 10.3 Å². The molecule has 0 bridgehead atoms. The summed E-state index contributed by atoms with van der Waals surface area (Å²) in [6.07, 6.45) is 0.256. The fourth-order valence-corrected chi connectivity index (χ4v) is 8.49. The lowest BCUT2D eigenvalue weighted by Gasteiger charge is -2.21. The van der Waals surface area contributed by atoms with E-state index in [0.29, 0.717) is 40.7 Å². The number of aliphatic imine (C=N–C) groups is 1. The average molecular weight is 677 g/mol. The standard InChI is InChI=1S/C32H39F2N4O8P/c1-43-27-11-23-25(35-15-21-9-19(33)17-37(21)31(23)40)13-29(27)45-4-7-47(42,6-3-39)8-5-46-30-14-26-24(12-28(30)44-2)32(41)38-18-20(34)10-22(38)16-36-26/h11-15,19-22,36,39H,3-10,16-18H2,1-2H3/t19?,20?,21-,22-,47?/m0/s1. The van der Waals surface area contributed by atoms with E-state index in [1.165, 1.54) is 25.2 Å². The zero-order chi connectivity index (χ0) is 33.3. The molecule has 0 saturated carbocycles. The van der Waals surface area contributed by atoms with Crippen LogP contribution >= 0.6 is 7.14 Å². The van der Waals surface area contributed by atoms with Crippen LogP contribution in [0.25, 0.3) is 0 Å². The Morgan fingerprint density at radius 2 is 1.49 bits per heavy atom. The molecule has 0 spiro atoms. The molecular formula is C32H39F2N4O8P. The Balaban J connectivity index is 1.10. The summed E-state index contributed by atoms with van der Waals surface area (Å²) in [5, 5.41) is 12.9. The second-order valence-electron chi connectivity index (χ2n) is 12.2. The van der Waals surface area contributed by atoms with Crippen LogP contribution in [0.4, 0.5) is 20.2 Å². The summed E-state index contributed by atoms with van der Waals surface area (Å²) in [4.78, 5) is 33.7. The molecule has 5 atom stereocenters. The number of amides is 2. The van der Waals surface area contributed by atoms with Crippen LogP contribution in [0, 0.1) is 0 Å². The van der Waals surface area contributed by atoms with Crippen molar-refractivity contribution in [3.05, 3.63) is 35.4 Å². The van der Waals surface area contributed by atoms with E-state index in [1.54, 1.807) is 29.3 Å². The number of aliphatic hydroxyl groups is 1. The van der Waals surface area contributed by atoms with E-state index in [-0.39, 0.29) is 93.4 Å². The molecule has 47 heavy (non-hydrogen) atoms. The van der Waals surface area contributed by atoms with Gasteiger partial charge in [-0.1, -0.05) is 0 Å². The van der Waals surface area contributed by atoms with Gasteiger partial charge >= 0.3 is 0 Å². The Morgan fingerprint density at radius 1 is 0.872 bits per heavy atom. The third kappa shape index (κ3) is 6.76. The highest BCUT2D eigenvalue weighted by Gasteiger charge is 2.39. The molecule has 2 saturated heterocycles. The molecular weight excluding hydrogens is 637 g/mol. The summed E-state index contributed by atoms with van der Waals surface area (Å²) in [6.45, 7) is 0.286. The maximum absolute atomic E-state index is 14.0. The van der Waals surface area contributed by atoms with E-state index < -0.39 is 25.5 Å². The van der Waals surface area contributed by atoms with E-state index >= 15 is 0 Å². The van der Waals surface area contributed by atoms with Crippen molar-refractivity contribution < 1.29 is 47.0 Å². The molecule has 6 rings (SSSR count). The summed E-state index contributed by atoms with van der Waals surface area (Å²) >= 11 is 0. The van der Waals surface area contributed by atoms with Crippen LogP contribution in [0.15, 0.2) is 29.3 Å². The highest BCUT2D eigenvalue weighted by Crippen LogP contribution is 2.46. The molecule has 2 N–H and O–H groups in total. The monoisotopic (exact) mass is 676 g/mol. The number of carbonyl (C=O) groups excluding carboxylic acids is 2. The second kappa shape index (κ2) is 13.7. The Labute approximate surface area is 271 Å². The summed E-state index contributed by atoms with van der Waals surface area (Å²) in [5.41, 5.74) is 1.58. The number of halogens is 2. The molecule has 4 aliphatic heterocycles. The summed E-state index contributed by atoms with van der Waals surface area (Å²) in [7, 11) is -0.0861. The summed E-state index contributed by atoms with van der Waals surface area (Å²) < 4.78 is 64.7. The van der Waals surface area contributed by atoms with Gasteiger partial charge in [0.25, 0.3) is 11.8 Å². The van der Waals surface area contributed by atoms with Gasteiger partial charge in [0.05, 0.1) is 82.3 Å². The van der Waals surface area contributed by atoms with Crippen molar-refractivity contribution >= 4 is 36.5 Å². The largest absolute Gasteiger partial charge is 0.493 e. The van der Waals surface area contributed by atoms with Crippen molar-refractivity contribution in [3.63, 3.8) is 0 Å². The number of benzene rings is 2. The maximum atomic E-state index is 14.0. The SMILES string of the molecule is COc1cc2c(cc1OCCP(=O)(CCO)CCOc1cc3c(cc1OC)C(=O)N1CC(F)C[C@H]1CN3)N=C[C@@H]1CC(F)CN1C2=O. The van der Waals surface area contributed by atoms with Gasteiger partial charge in [0.1, 0.15) is 12.3 Å². The van der Waals surface area contributed by atoms with Crippen LogP contribution < -0.4 is 24.3 Å². The van der Waals surface area contributed by atoms with Crippen molar-refractivity contribution in [2.45, 2.75) is 37.3 Å². The molecule has 2 fully saturated rings. The van der Waals surface area contributed by atoms with Gasteiger partial charge in [-0.3, -0.25) is 14.6 Å². The topological polar surface area (TPSA) is 139 Å². The van der Waals surface area contributed by atoms with E-state index in [1.807, 2.05) is 0 Å². The van der Waals surface area contributed by atoms with Crippen LogP contribution in [0.1, 0.15) is 33.6 Å². The van der Waals surface area contributed by atoms with Crippen molar-refractivity contribution in [1.82, 2.24) is 9.80 Å². The van der Waals surface area contributed by atoms with Crippen molar-refractivity contribution in [1.29, 1.82) is 0 Å². The first-order chi connectivity index (χ1) is 22.6. The van der Waals surface area contributed by atoms with Gasteiger partial charge in [-0.05, 0) is 12.1 Å². The zero-order valence-corrected chi connectivity index (χ0v) is 27.2. The predicted octanol–water partition coefficient (Wildman–Crippen LogP) is 3.76. The Bertz CT molecular complexity index is 1610. The highest BCUT2D eigenvalue weighted by atomic mass is 31.2. The molecule has 15 heteroatoms. The Hall–Kier alpha value is -3.90. The lowest BCUT2D eigenvalue weighted by molar-refractivity contribution is 0.0740. The number of rotatable bonds is 12. The van der Waals surface area contributed by atoms with Gasteiger partial charge in [0.2, 0.25) is 0 Å². The zero-order valence-electron chi connectivity index (χ0n) is 26.3. The molecule has 0 aromatic heterocycles. The Morgan fingerprint density at radius 3 is 2.17 bits per heavy atom. The summed E-state index contributed by atoms with van der Waals surface area (Å²) in [6, 6.07) is 5.69. The average Bonchev–Trinajstić information content (AvgIpc) is 3.56. The number of nitrogens with zero attached hydrogens (tertiary/aromatic N) is 3. The first-order valence-electron chi connectivity index (χ1n) is 15.7. The van der Waals surface area contributed by atoms with Crippen molar-refractivity contribution in [3.8, 4) is 23.0 Å². The number of aliphatic hydroxyl groups excluding tert-OH is 1. The van der Waals surface area contributed by atoms with Gasteiger partial charge in [0, 0.05) is 62.8 Å². The molecule has 2 amide bonds. The van der Waals surface area contributed by atoms with E-state index in [4.69, 9.17) is 18.9 Å². The first kappa shape index (κ1) is 33.0. The number of fused-ring (bicyclic) bond motifs is 4. The molecule has 0 radical (unpaired) electrons. The molecule has 4 heterocycles. The fraction of sp³-hybridized carbons (Fsp3) is 0.531. The smallest absolute Gasteiger partial charge is 0.256 e. The number of hydrogen-bond acceptors (Lipinski definition) is 10. The minimum atomic E-state index is -2.98. The minimum absolute atomic E-state index is 0.0102. The number of alkyl halides is 2. The molecule has 12 nitrogen and oxygen atoms in total. The van der Waals surface area contributed by atoms with Crippen LogP contribution in [0.3, 0.4) is 0 Å². The number of methoxy groups -OCH3 is 2. The van der Waals surface area contributed by atoms with Crippen LogP contribution in [0.5, 0.6) is 23.0 Å². The quantitative estimate of drug-likeness (QED) is 0.322. The van der Waals surface area contributed by atoms with Crippen LogP contribution in [0.2, 0.25) is 0 Å². The van der Waals surface area contributed by atoms with Crippen LogP contribution in [-0.2, 0) is 4.57 Å². The van der Waals surface area contributed by atoms with Crippen LogP contribution in [-0.4, -0.2) is 130 Å². The van der Waals surface area contributed by atoms with Crippen molar-refractivity contribution in [2.75, 3.05) is 77.5 Å². The molecule has 2 aromatic carbocycles. The lowest BCUT2D eigenvalue weighted by atomic mass is 10.1. The summed E-state index contributed by atoms with van der Waals surface area (Å²) in [5.74, 6) is 0.671. The van der Waals surface area contributed by atoms with Gasteiger partial charge in [-0.15, -0.1) is 0 Å². The van der Waals surface area contributed by atoms with E-state index in [0.717, 1.165) is 0 Å². The number of nitrogens with one attached hydrogen (secondary N) is 1. The number of hydrogen-bond donors (Lipinski definition) is 2. The number of ether oxygens (including phenoxy) is 4.